The minimum absolute atomic E-state index is 0. The molecule has 0 aliphatic rings. The predicted molar refractivity (Wildman–Crippen MR) is 85.7 cm³/mol. The van der Waals surface area contributed by atoms with Gasteiger partial charge in [0.05, 0.1) is 0 Å². The first-order valence-electron chi connectivity index (χ1n) is 8.10. The average molecular weight is 274 g/mol. The first kappa shape index (κ1) is 21.2. The quantitative estimate of drug-likeness (QED) is 0.409. The van der Waals surface area contributed by atoms with Crippen molar-refractivity contribution in [1.82, 2.24) is 0 Å². The van der Waals surface area contributed by atoms with Crippen LogP contribution in [0.4, 0.5) is 0 Å². The van der Waals surface area contributed by atoms with Gasteiger partial charge in [-0.1, -0.05) is 78.6 Å². The van der Waals surface area contributed by atoms with E-state index < -0.39 is 0 Å². The van der Waals surface area contributed by atoms with E-state index in [0.29, 0.717) is 6.61 Å². The monoisotopic (exact) mass is 274 g/mol. The van der Waals surface area contributed by atoms with E-state index in [2.05, 4.69) is 6.92 Å². The number of ether oxygens (including phenoxy) is 1. The molecule has 0 fully saturated rings. The Bertz CT molecular complexity index is 121. The van der Waals surface area contributed by atoms with Crippen LogP contribution in [0.25, 0.3) is 0 Å². The van der Waals surface area contributed by atoms with Gasteiger partial charge in [0, 0.05) is 19.8 Å². The summed E-state index contributed by atoms with van der Waals surface area (Å²) in [7, 11) is 0. The van der Waals surface area contributed by atoms with Gasteiger partial charge in [0.15, 0.2) is 0 Å². The summed E-state index contributed by atoms with van der Waals surface area (Å²) in [5, 5.41) is 8.58. The fraction of sp³-hybridized carbons (Fsp3) is 1.00. The van der Waals surface area contributed by atoms with Crippen molar-refractivity contribution in [2.24, 2.45) is 0 Å². The number of hydrogen-bond acceptors (Lipinski definition) is 2. The molecule has 0 saturated heterocycles. The van der Waals surface area contributed by atoms with Crippen LogP contribution in [0, 0.1) is 0 Å². The summed E-state index contributed by atoms with van der Waals surface area (Å²) in [5.74, 6) is 0. The Labute approximate surface area is 121 Å². The zero-order chi connectivity index (χ0) is 13.3. The van der Waals surface area contributed by atoms with Crippen molar-refractivity contribution in [3.63, 3.8) is 0 Å². The average Bonchev–Trinajstić information content (AvgIpc) is 2.39. The molecule has 2 nitrogen and oxygen atoms in total. The maximum absolute atomic E-state index is 8.58. The maximum Gasteiger partial charge on any atom is 0.0487 e. The van der Waals surface area contributed by atoms with Gasteiger partial charge in [0.25, 0.3) is 0 Å². The molecule has 0 bridgehead atoms. The van der Waals surface area contributed by atoms with E-state index in [-0.39, 0.29) is 14.0 Å². The highest BCUT2D eigenvalue weighted by molar-refractivity contribution is 4.48. The zero-order valence-corrected chi connectivity index (χ0v) is 12.5. The van der Waals surface area contributed by atoms with E-state index in [1.165, 1.54) is 70.6 Å². The molecule has 0 amide bonds. The zero-order valence-electron chi connectivity index (χ0n) is 12.5. The van der Waals surface area contributed by atoms with Gasteiger partial charge >= 0.3 is 0 Å². The Morgan fingerprint density at radius 3 is 1.53 bits per heavy atom. The van der Waals surface area contributed by atoms with Crippen molar-refractivity contribution in [1.29, 1.82) is 0 Å². The van der Waals surface area contributed by atoms with Crippen molar-refractivity contribution in [2.75, 3.05) is 19.8 Å². The minimum atomic E-state index is 0. The first-order valence-corrected chi connectivity index (χ1v) is 8.10. The van der Waals surface area contributed by atoms with Crippen LogP contribution >= 0.6 is 0 Å². The summed E-state index contributed by atoms with van der Waals surface area (Å²) in [4.78, 5) is 0. The van der Waals surface area contributed by atoms with Crippen molar-refractivity contribution in [3.8, 4) is 0 Å². The smallest absolute Gasteiger partial charge is 0.0487 e. The minimum Gasteiger partial charge on any atom is -0.396 e. The molecule has 0 saturated carbocycles. The molecule has 0 aliphatic heterocycles. The summed E-state index contributed by atoms with van der Waals surface area (Å²) in [6, 6.07) is 0. The first-order chi connectivity index (χ1) is 8.91. The number of unbranched alkanes of at least 4 members (excludes halogenated alkanes) is 10. The number of hydrogen-bond donors (Lipinski definition) is 1. The van der Waals surface area contributed by atoms with Crippen molar-refractivity contribution < 1.29 is 9.84 Å². The molecule has 0 unspecified atom stereocenters. The molecular weight excluding hydrogens is 236 g/mol. The summed E-state index contributed by atoms with van der Waals surface area (Å²) < 4.78 is 5.40. The molecule has 1 N–H and O–H groups in total. The van der Waals surface area contributed by atoms with Gasteiger partial charge in [-0.25, -0.2) is 0 Å². The Balaban J connectivity index is 0. The second kappa shape index (κ2) is 20.2. The van der Waals surface area contributed by atoms with Crippen LogP contribution in [-0.4, -0.2) is 24.9 Å². The second-order valence-corrected chi connectivity index (χ2v) is 5.23. The molecule has 2 heteroatoms. The van der Waals surface area contributed by atoms with Crippen LogP contribution in [0.15, 0.2) is 0 Å². The van der Waals surface area contributed by atoms with E-state index in [9.17, 15) is 0 Å². The van der Waals surface area contributed by atoms with Crippen LogP contribution in [0.1, 0.15) is 91.4 Å². The van der Waals surface area contributed by atoms with Gasteiger partial charge in [0.1, 0.15) is 0 Å². The number of aliphatic hydroxyl groups is 1. The van der Waals surface area contributed by atoms with Crippen molar-refractivity contribution in [3.05, 3.63) is 0 Å². The van der Waals surface area contributed by atoms with Gasteiger partial charge in [-0.3, -0.25) is 0 Å². The Morgan fingerprint density at radius 1 is 0.632 bits per heavy atom. The van der Waals surface area contributed by atoms with Crippen LogP contribution in [0.2, 0.25) is 0 Å². The third-order valence-corrected chi connectivity index (χ3v) is 3.34. The Hall–Kier alpha value is -0.0800. The van der Waals surface area contributed by atoms with Crippen molar-refractivity contribution >= 4 is 0 Å². The summed E-state index contributed by atoms with van der Waals surface area (Å²) in [6.45, 7) is 4.11. The van der Waals surface area contributed by atoms with Crippen LogP contribution in [0.5, 0.6) is 0 Å². The molecular formula is C17H38O2. The molecule has 0 rings (SSSR count). The molecule has 0 atom stereocenters. The molecule has 0 aromatic heterocycles. The van der Waals surface area contributed by atoms with Gasteiger partial charge in [-0.15, -0.1) is 0 Å². The third-order valence-electron chi connectivity index (χ3n) is 3.34. The highest BCUT2D eigenvalue weighted by Crippen LogP contribution is 2.11. The molecule has 0 aromatic rings. The van der Waals surface area contributed by atoms with Crippen LogP contribution < -0.4 is 0 Å². The van der Waals surface area contributed by atoms with E-state index >= 15 is 0 Å². The Morgan fingerprint density at radius 2 is 1.05 bits per heavy atom. The largest absolute Gasteiger partial charge is 0.396 e. The fourth-order valence-electron chi connectivity index (χ4n) is 2.14. The lowest BCUT2D eigenvalue weighted by molar-refractivity contribution is 0.112. The topological polar surface area (TPSA) is 29.5 Å². The summed E-state index contributed by atoms with van der Waals surface area (Å²) in [5.41, 5.74) is 0. The molecule has 118 valence electrons. The van der Waals surface area contributed by atoms with E-state index in [4.69, 9.17) is 9.84 Å². The SMILES string of the molecule is C.CCCCCCCCCCCCCOCCCO. The Kier molecular flexibility index (Phi) is 22.6. The standard InChI is InChI=1S/C16H34O2.CH4/c1-2-3-4-5-6-7-8-9-10-11-12-15-18-16-13-14-17;/h17H,2-16H2,1H3;1H4. The second-order valence-electron chi connectivity index (χ2n) is 5.23. The third kappa shape index (κ3) is 20.4. The number of rotatable bonds is 15. The lowest BCUT2D eigenvalue weighted by atomic mass is 10.1. The normalized spacial score (nSPS) is 10.4. The van der Waals surface area contributed by atoms with Crippen LogP contribution in [-0.2, 0) is 4.74 Å². The lowest BCUT2D eigenvalue weighted by Crippen LogP contribution is -1.98. The summed E-state index contributed by atoms with van der Waals surface area (Å²) in [6.07, 6.45) is 15.9. The van der Waals surface area contributed by atoms with Gasteiger partial charge in [-0.2, -0.15) is 0 Å². The molecule has 0 spiro atoms. The van der Waals surface area contributed by atoms with Gasteiger partial charge in [0.2, 0.25) is 0 Å². The van der Waals surface area contributed by atoms with Gasteiger partial charge in [-0.05, 0) is 12.8 Å². The molecule has 0 aromatic carbocycles. The fourth-order valence-corrected chi connectivity index (χ4v) is 2.14. The maximum atomic E-state index is 8.58. The van der Waals surface area contributed by atoms with Gasteiger partial charge < -0.3 is 9.84 Å². The molecule has 0 radical (unpaired) electrons. The van der Waals surface area contributed by atoms with E-state index in [0.717, 1.165) is 13.0 Å². The lowest BCUT2D eigenvalue weighted by Gasteiger charge is -2.04. The van der Waals surface area contributed by atoms with E-state index in [1.54, 1.807) is 0 Å². The van der Waals surface area contributed by atoms with Crippen LogP contribution in [0.3, 0.4) is 0 Å². The molecule has 0 heterocycles. The summed E-state index contributed by atoms with van der Waals surface area (Å²) >= 11 is 0. The van der Waals surface area contributed by atoms with Crippen molar-refractivity contribution in [2.45, 2.75) is 91.4 Å². The predicted octanol–water partition coefficient (Wildman–Crippen LogP) is 5.33. The highest BCUT2D eigenvalue weighted by Gasteiger charge is 1.93. The molecule has 19 heavy (non-hydrogen) atoms. The number of aliphatic hydroxyl groups excluding tert-OH is 1. The van der Waals surface area contributed by atoms with E-state index in [1.807, 2.05) is 0 Å². The highest BCUT2D eigenvalue weighted by atomic mass is 16.5. The molecule has 0 aliphatic carbocycles.